The molecule has 374 valence electrons. The monoisotopic (exact) mass is 983 g/mol. The molecule has 0 amide bonds. The first-order valence-corrected chi connectivity index (χ1v) is 27.7. The Hall–Kier alpha value is -7.54. The fourth-order valence-electron chi connectivity index (χ4n) is 12.5. The summed E-state index contributed by atoms with van der Waals surface area (Å²) in [4.78, 5) is 0. The fraction of sp³-hybridized carbons (Fsp3) is 0.237. The van der Waals surface area contributed by atoms with Gasteiger partial charge in [0.2, 0.25) is 0 Å². The van der Waals surface area contributed by atoms with Crippen molar-refractivity contribution in [2.24, 2.45) is 0 Å². The van der Waals surface area contributed by atoms with Crippen molar-refractivity contribution in [3.05, 3.63) is 203 Å². The second kappa shape index (κ2) is 16.5. The number of hydrogen-bond donors (Lipinski definition) is 0. The van der Waals surface area contributed by atoms with Gasteiger partial charge in [-0.15, -0.1) is 0 Å². The molecular weight excluding hydrogens is 913 g/mol. The van der Waals surface area contributed by atoms with Crippen molar-refractivity contribution in [2.75, 3.05) is 0 Å². The minimum absolute atomic E-state index is 0.00485. The number of benzene rings is 11. The van der Waals surface area contributed by atoms with Gasteiger partial charge in [-0.3, -0.25) is 0 Å². The summed E-state index contributed by atoms with van der Waals surface area (Å²) in [5.74, 6) is 0. The van der Waals surface area contributed by atoms with Crippen LogP contribution < -0.4 is 0 Å². The maximum atomic E-state index is 2.57. The lowest BCUT2D eigenvalue weighted by Gasteiger charge is -2.26. The van der Waals surface area contributed by atoms with Gasteiger partial charge in [0.25, 0.3) is 0 Å². The molecule has 76 heavy (non-hydrogen) atoms. The van der Waals surface area contributed by atoms with Crippen molar-refractivity contribution in [2.45, 2.75) is 119 Å². The first kappa shape index (κ1) is 48.1. The molecule has 13 aromatic carbocycles. The van der Waals surface area contributed by atoms with Gasteiger partial charge in [0, 0.05) is 0 Å². The maximum absolute atomic E-state index is 2.57. The van der Waals surface area contributed by atoms with Crippen LogP contribution in [0.2, 0.25) is 0 Å². The van der Waals surface area contributed by atoms with Crippen LogP contribution in [0.15, 0.2) is 170 Å². The summed E-state index contributed by atoms with van der Waals surface area (Å²) in [7, 11) is 0. The van der Waals surface area contributed by atoms with Crippen molar-refractivity contribution in [3.8, 4) is 44.5 Å². The zero-order chi connectivity index (χ0) is 53.1. The summed E-state index contributed by atoms with van der Waals surface area (Å²) in [5.41, 5.74) is 18.1. The Kier molecular flexibility index (Phi) is 10.4. The molecule has 0 heterocycles. The van der Waals surface area contributed by atoms with Crippen LogP contribution in [0.5, 0.6) is 0 Å². The Morgan fingerprint density at radius 1 is 0.184 bits per heavy atom. The van der Waals surface area contributed by atoms with Crippen molar-refractivity contribution in [1.82, 2.24) is 0 Å². The lowest BCUT2D eigenvalue weighted by atomic mass is 9.78. The summed E-state index contributed by atoms with van der Waals surface area (Å²) < 4.78 is 0. The van der Waals surface area contributed by atoms with E-state index in [1.165, 1.54) is 164 Å². The van der Waals surface area contributed by atoms with Crippen LogP contribution in [-0.2, 0) is 21.7 Å². The van der Waals surface area contributed by atoms with Gasteiger partial charge in [-0.1, -0.05) is 216 Å². The van der Waals surface area contributed by atoms with Crippen LogP contribution in [0.4, 0.5) is 0 Å². The predicted octanol–water partition coefficient (Wildman–Crippen LogP) is 22.3. The highest BCUT2D eigenvalue weighted by Crippen LogP contribution is 2.51. The van der Waals surface area contributed by atoms with E-state index in [0.29, 0.717) is 0 Å². The van der Waals surface area contributed by atoms with Gasteiger partial charge in [-0.25, -0.2) is 0 Å². The van der Waals surface area contributed by atoms with Crippen molar-refractivity contribution < 1.29 is 0 Å². The quantitative estimate of drug-likeness (QED) is 0.154. The third-order valence-corrected chi connectivity index (χ3v) is 17.2. The molecule has 0 heteroatoms. The SMILES string of the molecule is Cc1ccc(-c2ccc3c(c2)c2cc4c5cc6c7cc(-c8ccc(C)cc8)ccc7c7cc(-c8cc(C(C)(C)C)cc(C(C)(C)C)c8)cc(c5ccc4c4cc(-c5cc(C(C)(C)C)cc(C(C)(C)C)c5)cc3c42)c76)cc1. The average Bonchev–Trinajstić information content (AvgIpc) is 3.87. The maximum Gasteiger partial charge on any atom is -0.00195 e. The molecule has 0 unspecified atom stereocenters. The van der Waals surface area contributed by atoms with E-state index in [9.17, 15) is 0 Å². The molecule has 0 atom stereocenters. The molecule has 0 nitrogen and oxygen atoms in total. The normalized spacial score (nSPS) is 13.1. The Labute approximate surface area is 450 Å². The average molecular weight is 983 g/mol. The van der Waals surface area contributed by atoms with Crippen molar-refractivity contribution in [1.29, 1.82) is 0 Å². The van der Waals surface area contributed by atoms with Gasteiger partial charge in [0.1, 0.15) is 0 Å². The molecule has 0 saturated carbocycles. The van der Waals surface area contributed by atoms with Gasteiger partial charge >= 0.3 is 0 Å². The predicted molar refractivity (Wildman–Crippen MR) is 335 cm³/mol. The first-order chi connectivity index (χ1) is 36.0. The van der Waals surface area contributed by atoms with E-state index in [0.717, 1.165) is 0 Å². The Morgan fingerprint density at radius 3 is 0.697 bits per heavy atom. The van der Waals surface area contributed by atoms with Crippen LogP contribution in [0.1, 0.15) is 116 Å². The van der Waals surface area contributed by atoms with Crippen LogP contribution in [-0.4, -0.2) is 0 Å². The van der Waals surface area contributed by atoms with E-state index < -0.39 is 0 Å². The molecule has 0 aliphatic carbocycles. The fourth-order valence-corrected chi connectivity index (χ4v) is 12.5. The Balaban J connectivity index is 1.18. The van der Waals surface area contributed by atoms with Crippen molar-refractivity contribution in [3.63, 3.8) is 0 Å². The highest BCUT2D eigenvalue weighted by atomic mass is 14.3. The zero-order valence-electron chi connectivity index (χ0n) is 47.2. The molecule has 0 aliphatic heterocycles. The van der Waals surface area contributed by atoms with Crippen LogP contribution >= 0.6 is 0 Å². The third kappa shape index (κ3) is 7.77. The number of hydrogen-bond acceptors (Lipinski definition) is 0. The lowest BCUT2D eigenvalue weighted by Crippen LogP contribution is -2.16. The smallest absolute Gasteiger partial charge is 0.00195 e. The summed E-state index contributed by atoms with van der Waals surface area (Å²) in [6.07, 6.45) is 0. The highest BCUT2D eigenvalue weighted by molar-refractivity contribution is 6.41. The Morgan fingerprint density at radius 2 is 0.408 bits per heavy atom. The number of rotatable bonds is 4. The lowest BCUT2D eigenvalue weighted by molar-refractivity contribution is 0.568. The first-order valence-electron chi connectivity index (χ1n) is 27.7. The topological polar surface area (TPSA) is 0 Å². The highest BCUT2D eigenvalue weighted by Gasteiger charge is 2.26. The standard InChI is InChI=1S/C76H70/c1-43-15-19-45(20-16-43)47-23-25-57-61(33-47)69-41-63-59(67-37-51(35-65(57)71(67)69)49-29-53(73(3,4)5)39-54(30-49)74(6,7)8)27-28-60-64(63)42-70-62-34-48(46-21-17-44(2)18-22-46)24-26-58(62)66-36-52(38-68(60)72(66)70)50-31-55(75(9,10)11)40-56(32-50)76(12,13)14/h15-42H,1-14H3. The van der Waals surface area contributed by atoms with Gasteiger partial charge in [-0.2, -0.15) is 0 Å². The van der Waals surface area contributed by atoms with Gasteiger partial charge in [0.05, 0.1) is 0 Å². The summed E-state index contributed by atoms with van der Waals surface area (Å²) in [6.45, 7) is 32.5. The molecule has 0 N–H and O–H groups in total. The van der Waals surface area contributed by atoms with Crippen LogP contribution in [0.25, 0.3) is 131 Å². The minimum Gasteiger partial charge on any atom is -0.0587 e. The number of aryl methyl sites for hydroxylation is 2. The third-order valence-electron chi connectivity index (χ3n) is 17.2. The molecule has 13 rings (SSSR count). The molecule has 0 bridgehead atoms. The molecule has 0 aromatic heterocycles. The second-order valence-electron chi connectivity index (χ2n) is 26.8. The summed E-state index contributed by atoms with van der Waals surface area (Å²) >= 11 is 0. The van der Waals surface area contributed by atoms with Gasteiger partial charge in [-0.05, 0) is 237 Å². The summed E-state index contributed by atoms with van der Waals surface area (Å²) in [5, 5.41) is 21.1. The molecular formula is C76H70. The molecule has 0 saturated heterocycles. The van der Waals surface area contributed by atoms with Gasteiger partial charge < -0.3 is 0 Å². The zero-order valence-corrected chi connectivity index (χ0v) is 47.2. The van der Waals surface area contributed by atoms with Crippen LogP contribution in [0, 0.1) is 13.8 Å². The number of fused-ring (bicyclic) bond motifs is 11. The molecule has 0 spiro atoms. The van der Waals surface area contributed by atoms with Crippen LogP contribution in [0.3, 0.4) is 0 Å². The van der Waals surface area contributed by atoms with E-state index >= 15 is 0 Å². The van der Waals surface area contributed by atoms with E-state index in [-0.39, 0.29) is 21.7 Å². The summed E-state index contributed by atoms with van der Waals surface area (Å²) in [6, 6.07) is 67.4. The van der Waals surface area contributed by atoms with Crippen molar-refractivity contribution >= 4 is 86.2 Å². The molecule has 0 aliphatic rings. The van der Waals surface area contributed by atoms with E-state index in [2.05, 4.69) is 267 Å². The molecule has 13 aromatic rings. The molecule has 0 fully saturated rings. The molecule has 0 radical (unpaired) electrons. The van der Waals surface area contributed by atoms with Gasteiger partial charge in [0.15, 0.2) is 0 Å². The largest absolute Gasteiger partial charge is 0.0587 e. The van der Waals surface area contributed by atoms with E-state index in [4.69, 9.17) is 0 Å². The Bertz CT molecular complexity index is 4150. The minimum atomic E-state index is -0.00485. The second-order valence-corrected chi connectivity index (χ2v) is 26.8. The van der Waals surface area contributed by atoms with E-state index in [1.54, 1.807) is 0 Å². The van der Waals surface area contributed by atoms with E-state index in [1.807, 2.05) is 0 Å².